The van der Waals surface area contributed by atoms with Crippen LogP contribution in [-0.2, 0) is 9.59 Å². The van der Waals surface area contributed by atoms with Crippen molar-refractivity contribution in [2.24, 2.45) is 5.92 Å². The van der Waals surface area contributed by atoms with Crippen molar-refractivity contribution >= 4 is 11.8 Å². The van der Waals surface area contributed by atoms with Crippen molar-refractivity contribution in [2.45, 2.75) is 76.8 Å². The summed E-state index contributed by atoms with van der Waals surface area (Å²) in [6, 6.07) is 7.88. The molecule has 2 aliphatic rings. The molecule has 2 fully saturated rings. The molecule has 1 aromatic rings. The Morgan fingerprint density at radius 1 is 1.14 bits per heavy atom. The number of hydrogen-bond donors (Lipinski definition) is 1. The lowest BCUT2D eigenvalue weighted by Gasteiger charge is -2.29. The van der Waals surface area contributed by atoms with Gasteiger partial charge in [-0.3, -0.25) is 9.59 Å². The molecule has 1 N–H and O–H groups in total. The topological polar surface area (TPSA) is 58.6 Å². The van der Waals surface area contributed by atoms with Gasteiger partial charge in [-0.2, -0.15) is 0 Å². The molecule has 1 aliphatic heterocycles. The zero-order chi connectivity index (χ0) is 19.9. The minimum absolute atomic E-state index is 0.0417. The summed E-state index contributed by atoms with van der Waals surface area (Å²) in [7, 11) is 1.64. The molecule has 0 spiro atoms. The molecule has 0 bridgehead atoms. The highest BCUT2D eigenvalue weighted by Gasteiger charge is 2.44. The van der Waals surface area contributed by atoms with Crippen LogP contribution in [0.4, 0.5) is 0 Å². The summed E-state index contributed by atoms with van der Waals surface area (Å²) in [5, 5.41) is 3.28. The SMILES string of the molecule is CCCCN1C(=O)CC(C(=O)NC2CCCCCC2)C1c1ccc(OC)cc1. The van der Waals surface area contributed by atoms with Gasteiger partial charge in [0.2, 0.25) is 11.8 Å². The summed E-state index contributed by atoms with van der Waals surface area (Å²) < 4.78 is 5.27. The molecule has 5 heteroatoms. The Labute approximate surface area is 168 Å². The molecule has 0 aromatic heterocycles. The molecule has 0 radical (unpaired) electrons. The standard InChI is InChI=1S/C23H34N2O3/c1-3-4-15-25-21(26)16-20(22(25)17-11-13-19(28-2)14-12-17)23(27)24-18-9-7-5-6-8-10-18/h11-14,18,20,22H,3-10,15-16H2,1-2H3,(H,24,27). The van der Waals surface area contributed by atoms with Crippen LogP contribution in [0.25, 0.3) is 0 Å². The van der Waals surface area contributed by atoms with Crippen LogP contribution in [0.5, 0.6) is 5.75 Å². The zero-order valence-corrected chi connectivity index (χ0v) is 17.3. The first-order valence-electron chi connectivity index (χ1n) is 10.9. The van der Waals surface area contributed by atoms with Gasteiger partial charge in [0.25, 0.3) is 0 Å². The number of benzene rings is 1. The lowest BCUT2D eigenvalue weighted by Crippen LogP contribution is -2.41. The zero-order valence-electron chi connectivity index (χ0n) is 17.3. The number of carbonyl (C=O) groups excluding carboxylic acids is 2. The van der Waals surface area contributed by atoms with Gasteiger partial charge in [0.15, 0.2) is 0 Å². The van der Waals surface area contributed by atoms with Crippen molar-refractivity contribution in [1.29, 1.82) is 0 Å². The summed E-state index contributed by atoms with van der Waals surface area (Å²) in [6.45, 7) is 2.83. The van der Waals surface area contributed by atoms with E-state index in [-0.39, 0.29) is 29.8 Å². The maximum absolute atomic E-state index is 13.2. The summed E-state index contributed by atoms with van der Waals surface area (Å²) in [6.07, 6.45) is 9.27. The third-order valence-corrected chi connectivity index (χ3v) is 6.18. The molecular weight excluding hydrogens is 352 g/mol. The Morgan fingerprint density at radius 3 is 2.43 bits per heavy atom. The summed E-state index contributed by atoms with van der Waals surface area (Å²) in [4.78, 5) is 27.9. The van der Waals surface area contributed by atoms with Gasteiger partial charge in [0.1, 0.15) is 5.75 Å². The fraction of sp³-hybridized carbons (Fsp3) is 0.652. The van der Waals surface area contributed by atoms with Gasteiger partial charge in [0.05, 0.1) is 19.1 Å². The first kappa shape index (κ1) is 20.7. The highest BCUT2D eigenvalue weighted by atomic mass is 16.5. The van der Waals surface area contributed by atoms with E-state index in [1.165, 1.54) is 25.7 Å². The van der Waals surface area contributed by atoms with E-state index in [0.29, 0.717) is 13.0 Å². The maximum Gasteiger partial charge on any atom is 0.226 e. The number of unbranched alkanes of at least 4 members (excludes halogenated alkanes) is 1. The van der Waals surface area contributed by atoms with Crippen molar-refractivity contribution in [2.75, 3.05) is 13.7 Å². The van der Waals surface area contributed by atoms with E-state index in [0.717, 1.165) is 37.0 Å². The van der Waals surface area contributed by atoms with Gasteiger partial charge in [0, 0.05) is 19.0 Å². The number of hydrogen-bond acceptors (Lipinski definition) is 3. The van der Waals surface area contributed by atoms with E-state index in [4.69, 9.17) is 4.74 Å². The highest BCUT2D eigenvalue weighted by molar-refractivity contribution is 5.90. The fourth-order valence-electron chi connectivity index (χ4n) is 4.56. The molecule has 1 aliphatic carbocycles. The van der Waals surface area contributed by atoms with Gasteiger partial charge in [-0.25, -0.2) is 0 Å². The van der Waals surface area contributed by atoms with E-state index < -0.39 is 0 Å². The van der Waals surface area contributed by atoms with Gasteiger partial charge in [-0.05, 0) is 37.0 Å². The quantitative estimate of drug-likeness (QED) is 0.714. The van der Waals surface area contributed by atoms with Gasteiger partial charge < -0.3 is 15.0 Å². The van der Waals surface area contributed by atoms with Crippen molar-refractivity contribution < 1.29 is 14.3 Å². The third kappa shape index (κ3) is 4.86. The van der Waals surface area contributed by atoms with E-state index in [1.54, 1.807) is 7.11 Å². The van der Waals surface area contributed by atoms with Crippen LogP contribution in [-0.4, -0.2) is 36.4 Å². The number of likely N-dealkylation sites (tertiary alicyclic amines) is 1. The first-order chi connectivity index (χ1) is 13.6. The number of methoxy groups -OCH3 is 1. The number of ether oxygens (including phenoxy) is 1. The number of nitrogens with one attached hydrogen (secondary N) is 1. The number of amides is 2. The van der Waals surface area contributed by atoms with E-state index in [2.05, 4.69) is 12.2 Å². The van der Waals surface area contributed by atoms with Crippen molar-refractivity contribution in [1.82, 2.24) is 10.2 Å². The molecule has 3 rings (SSSR count). The average Bonchev–Trinajstić information content (AvgIpc) is 2.86. The van der Waals surface area contributed by atoms with Crippen LogP contribution in [0.2, 0.25) is 0 Å². The lowest BCUT2D eigenvalue weighted by molar-refractivity contribution is -0.129. The molecule has 28 heavy (non-hydrogen) atoms. The molecular formula is C23H34N2O3. The van der Waals surface area contributed by atoms with E-state index >= 15 is 0 Å². The van der Waals surface area contributed by atoms with Gasteiger partial charge in [-0.15, -0.1) is 0 Å². The second-order valence-corrected chi connectivity index (χ2v) is 8.17. The van der Waals surface area contributed by atoms with Crippen LogP contribution in [0.3, 0.4) is 0 Å². The molecule has 1 aromatic carbocycles. The normalized spacial score (nSPS) is 23.5. The van der Waals surface area contributed by atoms with Crippen LogP contribution < -0.4 is 10.1 Å². The van der Waals surface area contributed by atoms with Crippen molar-refractivity contribution in [3.63, 3.8) is 0 Å². The highest BCUT2D eigenvalue weighted by Crippen LogP contribution is 2.39. The summed E-state index contributed by atoms with van der Waals surface area (Å²) in [5.74, 6) is 0.601. The molecule has 2 atom stereocenters. The molecule has 2 unspecified atom stereocenters. The molecule has 1 heterocycles. The van der Waals surface area contributed by atoms with E-state index in [1.807, 2.05) is 29.2 Å². The monoisotopic (exact) mass is 386 g/mol. The second-order valence-electron chi connectivity index (χ2n) is 8.17. The second kappa shape index (κ2) is 9.94. The minimum atomic E-state index is -0.319. The fourth-order valence-corrected chi connectivity index (χ4v) is 4.56. The third-order valence-electron chi connectivity index (χ3n) is 6.18. The Morgan fingerprint density at radius 2 is 1.82 bits per heavy atom. The Bertz CT molecular complexity index is 650. The number of rotatable bonds is 7. The van der Waals surface area contributed by atoms with Gasteiger partial charge in [-0.1, -0.05) is 51.2 Å². The van der Waals surface area contributed by atoms with Crippen molar-refractivity contribution in [3.05, 3.63) is 29.8 Å². The molecule has 154 valence electrons. The van der Waals surface area contributed by atoms with Gasteiger partial charge >= 0.3 is 0 Å². The largest absolute Gasteiger partial charge is 0.497 e. The summed E-state index contributed by atoms with van der Waals surface area (Å²) >= 11 is 0. The van der Waals surface area contributed by atoms with Crippen molar-refractivity contribution in [3.8, 4) is 5.75 Å². The predicted octanol–water partition coefficient (Wildman–Crippen LogP) is 4.22. The van der Waals surface area contributed by atoms with Crippen LogP contribution in [0, 0.1) is 5.92 Å². The van der Waals surface area contributed by atoms with Crippen LogP contribution >= 0.6 is 0 Å². The minimum Gasteiger partial charge on any atom is -0.497 e. The number of carbonyl (C=O) groups is 2. The average molecular weight is 387 g/mol. The Kier molecular flexibility index (Phi) is 7.35. The Hall–Kier alpha value is -2.04. The summed E-state index contributed by atoms with van der Waals surface area (Å²) in [5.41, 5.74) is 1.02. The van der Waals surface area contributed by atoms with E-state index in [9.17, 15) is 9.59 Å². The maximum atomic E-state index is 13.2. The lowest BCUT2D eigenvalue weighted by atomic mass is 9.92. The molecule has 5 nitrogen and oxygen atoms in total. The smallest absolute Gasteiger partial charge is 0.226 e. The molecule has 1 saturated carbocycles. The van der Waals surface area contributed by atoms with Crippen LogP contribution in [0.15, 0.2) is 24.3 Å². The number of nitrogens with zero attached hydrogens (tertiary/aromatic N) is 1. The first-order valence-corrected chi connectivity index (χ1v) is 10.9. The predicted molar refractivity (Wildman–Crippen MR) is 110 cm³/mol. The Balaban J connectivity index is 1.79. The molecule has 1 saturated heterocycles. The molecule has 2 amide bonds. The van der Waals surface area contributed by atoms with Crippen LogP contribution in [0.1, 0.15) is 76.3 Å².